The van der Waals surface area contributed by atoms with Crippen LogP contribution in [-0.2, 0) is 13.2 Å². The number of aromatic nitrogens is 9. The van der Waals surface area contributed by atoms with Crippen molar-refractivity contribution in [3.63, 3.8) is 0 Å². The van der Waals surface area contributed by atoms with Crippen LogP contribution in [0.25, 0.3) is 11.4 Å². The van der Waals surface area contributed by atoms with Crippen molar-refractivity contribution in [1.29, 1.82) is 0 Å². The van der Waals surface area contributed by atoms with Crippen LogP contribution in [0.15, 0.2) is 73.2 Å². The molecule has 3 heterocycles. The first-order valence-corrected chi connectivity index (χ1v) is 10.3. The van der Waals surface area contributed by atoms with Gasteiger partial charge >= 0.3 is 0 Å². The Morgan fingerprint density at radius 2 is 1.85 bits per heavy atom. The number of nitrogens with one attached hydrogen (secondary N) is 1. The van der Waals surface area contributed by atoms with E-state index in [0.29, 0.717) is 17.4 Å². The van der Waals surface area contributed by atoms with Crippen LogP contribution in [0.3, 0.4) is 0 Å². The van der Waals surface area contributed by atoms with Crippen molar-refractivity contribution in [2.45, 2.75) is 13.2 Å². The summed E-state index contributed by atoms with van der Waals surface area (Å²) in [5.41, 5.74) is 2.05. The van der Waals surface area contributed by atoms with Gasteiger partial charge in [0.25, 0.3) is 5.91 Å². The molecule has 0 bridgehead atoms. The fourth-order valence-corrected chi connectivity index (χ4v) is 3.33. The number of carbonyl (C=O) groups is 1. The first-order chi connectivity index (χ1) is 16.1. The summed E-state index contributed by atoms with van der Waals surface area (Å²) in [4.78, 5) is 18.1. The van der Waals surface area contributed by atoms with Gasteiger partial charge in [-0.1, -0.05) is 54.1 Å². The largest absolute Gasteiger partial charge is 0.288 e. The molecule has 11 nitrogen and oxygen atoms in total. The molecule has 0 unspecified atom stereocenters. The van der Waals surface area contributed by atoms with E-state index in [1.54, 1.807) is 23.0 Å². The van der Waals surface area contributed by atoms with Crippen LogP contribution in [0, 0.1) is 0 Å². The topological polar surface area (TPSA) is 121 Å². The molecule has 5 aromatic rings. The molecule has 0 aliphatic rings. The van der Waals surface area contributed by atoms with Crippen LogP contribution in [0.1, 0.15) is 16.1 Å². The van der Waals surface area contributed by atoms with Crippen molar-refractivity contribution in [3.8, 4) is 11.4 Å². The minimum Gasteiger partial charge on any atom is -0.288 e. The summed E-state index contributed by atoms with van der Waals surface area (Å²) in [6, 6.07) is 18.6. The average molecular weight is 461 g/mol. The summed E-state index contributed by atoms with van der Waals surface area (Å²) >= 11 is 6.01. The standard InChI is InChI=1S/C21H17ClN10O/c22-17-8-4-5-15(11-17)12-31-13-23-21(28-31)24-20(33)18-9-10-30(26-18)14-32-27-19(25-29-32)16-6-2-1-3-7-16/h1-11,13H,12,14H2,(H,24,28,33). The molecule has 0 aliphatic carbocycles. The highest BCUT2D eigenvalue weighted by molar-refractivity contribution is 6.30. The van der Waals surface area contributed by atoms with Gasteiger partial charge in [-0.05, 0) is 29.0 Å². The number of hydrogen-bond acceptors (Lipinski definition) is 7. The van der Waals surface area contributed by atoms with Crippen molar-refractivity contribution in [2.75, 3.05) is 5.32 Å². The third-order valence-electron chi connectivity index (χ3n) is 4.62. The summed E-state index contributed by atoms with van der Waals surface area (Å²) in [6.45, 7) is 0.688. The van der Waals surface area contributed by atoms with Gasteiger partial charge in [-0.2, -0.15) is 5.10 Å². The minimum absolute atomic E-state index is 0.182. The second kappa shape index (κ2) is 9.01. The summed E-state index contributed by atoms with van der Waals surface area (Å²) in [7, 11) is 0. The Morgan fingerprint density at radius 1 is 0.970 bits per heavy atom. The molecule has 0 atom stereocenters. The molecule has 0 spiro atoms. The lowest BCUT2D eigenvalue weighted by atomic mass is 10.2. The number of hydrogen-bond donors (Lipinski definition) is 1. The smallest absolute Gasteiger partial charge is 0.278 e. The van der Waals surface area contributed by atoms with E-state index in [0.717, 1.165) is 11.1 Å². The number of halogens is 1. The van der Waals surface area contributed by atoms with Crippen molar-refractivity contribution >= 4 is 23.5 Å². The fourth-order valence-electron chi connectivity index (χ4n) is 3.11. The number of tetrazole rings is 1. The Kier molecular flexibility index (Phi) is 5.60. The van der Waals surface area contributed by atoms with Gasteiger partial charge in [0.15, 0.2) is 12.4 Å². The lowest BCUT2D eigenvalue weighted by Gasteiger charge is -2.01. The molecular weight excluding hydrogens is 444 g/mol. The normalized spacial score (nSPS) is 10.9. The zero-order valence-corrected chi connectivity index (χ0v) is 17.9. The molecule has 0 saturated carbocycles. The van der Waals surface area contributed by atoms with Crippen molar-refractivity contribution in [3.05, 3.63) is 89.5 Å². The SMILES string of the molecule is O=C(Nc1ncn(Cc2cccc(Cl)c2)n1)c1ccn(Cn2nnc(-c3ccccc3)n2)n1. The molecule has 3 aromatic heterocycles. The van der Waals surface area contributed by atoms with E-state index < -0.39 is 5.91 Å². The Bertz CT molecular complexity index is 1390. The quantitative estimate of drug-likeness (QED) is 0.396. The number of carbonyl (C=O) groups excluding carboxylic acids is 1. The molecule has 1 amide bonds. The van der Waals surface area contributed by atoms with Crippen LogP contribution in [0.4, 0.5) is 5.95 Å². The van der Waals surface area contributed by atoms with E-state index in [-0.39, 0.29) is 18.3 Å². The number of anilines is 1. The number of benzene rings is 2. The third kappa shape index (κ3) is 4.93. The van der Waals surface area contributed by atoms with Crippen LogP contribution in [0.2, 0.25) is 5.02 Å². The van der Waals surface area contributed by atoms with E-state index in [1.165, 1.54) is 15.8 Å². The fraction of sp³-hybridized carbons (Fsp3) is 0.0952. The lowest BCUT2D eigenvalue weighted by Crippen LogP contribution is -2.16. The molecular formula is C21H17ClN10O. The summed E-state index contributed by atoms with van der Waals surface area (Å²) in [5, 5.41) is 24.3. The highest BCUT2D eigenvalue weighted by atomic mass is 35.5. The molecule has 0 saturated heterocycles. The molecule has 0 aliphatic heterocycles. The summed E-state index contributed by atoms with van der Waals surface area (Å²) < 4.78 is 3.15. The molecule has 12 heteroatoms. The second-order valence-corrected chi connectivity index (χ2v) is 7.52. The van der Waals surface area contributed by atoms with Gasteiger partial charge in [-0.3, -0.25) is 10.1 Å². The second-order valence-electron chi connectivity index (χ2n) is 7.08. The van der Waals surface area contributed by atoms with Gasteiger partial charge in [0, 0.05) is 16.8 Å². The average Bonchev–Trinajstić information content (AvgIpc) is 3.57. The van der Waals surface area contributed by atoms with Gasteiger partial charge in [-0.25, -0.2) is 14.3 Å². The van der Waals surface area contributed by atoms with Crippen molar-refractivity contribution in [1.82, 2.24) is 44.8 Å². The number of amides is 1. The zero-order chi connectivity index (χ0) is 22.6. The minimum atomic E-state index is -0.425. The predicted octanol–water partition coefficient (Wildman–Crippen LogP) is 2.59. The first-order valence-electron chi connectivity index (χ1n) is 9.94. The number of rotatable bonds is 7. The maximum absolute atomic E-state index is 12.5. The van der Waals surface area contributed by atoms with Crippen LogP contribution < -0.4 is 5.32 Å². The van der Waals surface area contributed by atoms with Gasteiger partial charge in [-0.15, -0.1) is 20.1 Å². The van der Waals surface area contributed by atoms with E-state index >= 15 is 0 Å². The molecule has 0 radical (unpaired) electrons. The first kappa shape index (κ1) is 20.5. The van der Waals surface area contributed by atoms with Gasteiger partial charge in [0.05, 0.1) is 6.54 Å². The molecule has 2 aromatic carbocycles. The van der Waals surface area contributed by atoms with E-state index in [1.807, 2.05) is 48.5 Å². The molecule has 5 rings (SSSR count). The van der Waals surface area contributed by atoms with E-state index in [4.69, 9.17) is 11.6 Å². The van der Waals surface area contributed by atoms with Crippen molar-refractivity contribution in [2.24, 2.45) is 0 Å². The maximum Gasteiger partial charge on any atom is 0.278 e. The van der Waals surface area contributed by atoms with Crippen LogP contribution in [0.5, 0.6) is 0 Å². The van der Waals surface area contributed by atoms with E-state index in [9.17, 15) is 4.79 Å². The van der Waals surface area contributed by atoms with Crippen LogP contribution in [-0.4, -0.2) is 50.7 Å². The zero-order valence-electron chi connectivity index (χ0n) is 17.2. The summed E-state index contributed by atoms with van der Waals surface area (Å²) in [6.07, 6.45) is 3.20. The van der Waals surface area contributed by atoms with Crippen molar-refractivity contribution < 1.29 is 4.79 Å². The Balaban J connectivity index is 1.20. The summed E-state index contributed by atoms with van der Waals surface area (Å²) in [5.74, 6) is 0.271. The highest BCUT2D eigenvalue weighted by Gasteiger charge is 2.13. The van der Waals surface area contributed by atoms with Crippen LogP contribution >= 0.6 is 11.6 Å². The Labute approximate surface area is 192 Å². The third-order valence-corrected chi connectivity index (χ3v) is 4.86. The molecule has 33 heavy (non-hydrogen) atoms. The maximum atomic E-state index is 12.5. The predicted molar refractivity (Wildman–Crippen MR) is 119 cm³/mol. The number of nitrogens with zero attached hydrogens (tertiary/aromatic N) is 9. The molecule has 0 fully saturated rings. The van der Waals surface area contributed by atoms with E-state index in [2.05, 4.69) is 35.9 Å². The highest BCUT2D eigenvalue weighted by Crippen LogP contribution is 2.13. The monoisotopic (exact) mass is 460 g/mol. The Hall–Kier alpha value is -4.38. The van der Waals surface area contributed by atoms with Gasteiger partial charge in [0.2, 0.25) is 11.8 Å². The molecule has 1 N–H and O–H groups in total. The molecule has 164 valence electrons. The van der Waals surface area contributed by atoms with Gasteiger partial charge in [0.1, 0.15) is 6.33 Å². The Morgan fingerprint density at radius 3 is 2.70 bits per heavy atom. The van der Waals surface area contributed by atoms with Gasteiger partial charge < -0.3 is 0 Å². The lowest BCUT2D eigenvalue weighted by molar-refractivity contribution is 0.102.